The fourth-order valence-corrected chi connectivity index (χ4v) is 3.22. The van der Waals surface area contributed by atoms with E-state index in [9.17, 15) is 14.7 Å². The Balaban J connectivity index is 2.28. The van der Waals surface area contributed by atoms with Crippen LogP contribution in [0.25, 0.3) is 22.0 Å². The molecule has 0 bridgehead atoms. The minimum absolute atomic E-state index is 0.0258. The third kappa shape index (κ3) is 3.93. The summed E-state index contributed by atoms with van der Waals surface area (Å²) in [6, 6.07) is 12.3. The van der Waals surface area contributed by atoms with E-state index < -0.39 is 5.97 Å². The number of carboxylic acids is 1. The Labute approximate surface area is 161 Å². The van der Waals surface area contributed by atoms with Crippen LogP contribution in [0.2, 0.25) is 5.02 Å². The standard InChI is InChI=1S/C21H18ClNO4/c1-3-27-19(24)11-16-12(2)10-18-15(8-9-17(23-18)21(25)26)20(16)13-4-6-14(22)7-5-13/h4-10H,3,11H2,1-2H3,(H,25,26). The molecule has 0 amide bonds. The zero-order chi connectivity index (χ0) is 19.6. The van der Waals surface area contributed by atoms with Crippen molar-refractivity contribution in [3.63, 3.8) is 0 Å². The third-order valence-electron chi connectivity index (χ3n) is 4.30. The van der Waals surface area contributed by atoms with Crippen LogP contribution < -0.4 is 0 Å². The first-order chi connectivity index (χ1) is 12.9. The van der Waals surface area contributed by atoms with Crippen LogP contribution in [-0.4, -0.2) is 28.6 Å². The molecular weight excluding hydrogens is 366 g/mol. The van der Waals surface area contributed by atoms with Crippen molar-refractivity contribution >= 4 is 34.4 Å². The van der Waals surface area contributed by atoms with Gasteiger partial charge in [0, 0.05) is 10.4 Å². The summed E-state index contributed by atoms with van der Waals surface area (Å²) in [5.41, 5.74) is 3.91. The van der Waals surface area contributed by atoms with Gasteiger partial charge in [0.25, 0.3) is 0 Å². The number of aryl methyl sites for hydroxylation is 1. The molecule has 27 heavy (non-hydrogen) atoms. The van der Waals surface area contributed by atoms with Gasteiger partial charge in [0.1, 0.15) is 5.69 Å². The zero-order valence-corrected chi connectivity index (χ0v) is 15.7. The van der Waals surface area contributed by atoms with Gasteiger partial charge in [-0.2, -0.15) is 0 Å². The van der Waals surface area contributed by atoms with Gasteiger partial charge in [0.15, 0.2) is 0 Å². The number of carbonyl (C=O) groups is 2. The molecule has 3 rings (SSSR count). The third-order valence-corrected chi connectivity index (χ3v) is 4.56. The molecule has 5 nitrogen and oxygen atoms in total. The van der Waals surface area contributed by atoms with E-state index in [2.05, 4.69) is 4.98 Å². The minimum Gasteiger partial charge on any atom is -0.477 e. The lowest BCUT2D eigenvalue weighted by atomic mass is 9.90. The summed E-state index contributed by atoms with van der Waals surface area (Å²) in [6.07, 6.45) is 0.119. The number of benzene rings is 2. The lowest BCUT2D eigenvalue weighted by Gasteiger charge is -2.16. The van der Waals surface area contributed by atoms with Crippen LogP contribution >= 0.6 is 11.6 Å². The van der Waals surface area contributed by atoms with E-state index in [0.717, 1.165) is 27.6 Å². The zero-order valence-electron chi connectivity index (χ0n) is 15.0. The van der Waals surface area contributed by atoms with Crippen molar-refractivity contribution in [2.45, 2.75) is 20.3 Å². The average molecular weight is 384 g/mol. The fourth-order valence-electron chi connectivity index (χ4n) is 3.10. The normalized spacial score (nSPS) is 10.8. The van der Waals surface area contributed by atoms with Crippen molar-refractivity contribution in [3.8, 4) is 11.1 Å². The van der Waals surface area contributed by atoms with Crippen molar-refractivity contribution in [2.24, 2.45) is 0 Å². The summed E-state index contributed by atoms with van der Waals surface area (Å²) >= 11 is 6.02. The SMILES string of the molecule is CCOC(=O)Cc1c(C)cc2nc(C(=O)O)ccc2c1-c1ccc(Cl)cc1. The Hall–Kier alpha value is -2.92. The Bertz CT molecular complexity index is 1030. The van der Waals surface area contributed by atoms with Crippen molar-refractivity contribution < 1.29 is 19.4 Å². The van der Waals surface area contributed by atoms with Gasteiger partial charge < -0.3 is 9.84 Å². The number of carboxylic acid groups (broad SMARTS) is 1. The van der Waals surface area contributed by atoms with Gasteiger partial charge in [0.2, 0.25) is 0 Å². The number of pyridine rings is 1. The predicted octanol–water partition coefficient (Wildman–Crippen LogP) is 4.67. The summed E-state index contributed by atoms with van der Waals surface area (Å²) in [5.74, 6) is -1.40. The second-order valence-corrected chi connectivity index (χ2v) is 6.54. The van der Waals surface area contributed by atoms with Crippen LogP contribution in [0.15, 0.2) is 42.5 Å². The second kappa shape index (κ2) is 7.76. The van der Waals surface area contributed by atoms with E-state index in [0.29, 0.717) is 17.1 Å². The average Bonchev–Trinajstić information content (AvgIpc) is 2.63. The highest BCUT2D eigenvalue weighted by molar-refractivity contribution is 6.30. The Kier molecular flexibility index (Phi) is 5.42. The van der Waals surface area contributed by atoms with Crippen molar-refractivity contribution in [1.82, 2.24) is 4.98 Å². The lowest BCUT2D eigenvalue weighted by Crippen LogP contribution is -2.10. The molecule has 0 aliphatic carbocycles. The minimum atomic E-state index is -1.09. The highest BCUT2D eigenvalue weighted by Gasteiger charge is 2.18. The number of fused-ring (bicyclic) bond motifs is 1. The largest absolute Gasteiger partial charge is 0.477 e. The molecule has 3 aromatic rings. The maximum absolute atomic E-state index is 12.1. The first kappa shape index (κ1) is 18.9. The number of esters is 1. The van der Waals surface area contributed by atoms with Gasteiger partial charge in [-0.25, -0.2) is 9.78 Å². The Morgan fingerprint density at radius 3 is 2.48 bits per heavy atom. The first-order valence-corrected chi connectivity index (χ1v) is 8.86. The molecule has 0 unspecified atom stereocenters. The van der Waals surface area contributed by atoms with Crippen molar-refractivity contribution in [1.29, 1.82) is 0 Å². The van der Waals surface area contributed by atoms with E-state index >= 15 is 0 Å². The molecule has 1 heterocycles. The summed E-state index contributed by atoms with van der Waals surface area (Å²) in [4.78, 5) is 27.7. The van der Waals surface area contributed by atoms with E-state index in [-0.39, 0.29) is 18.1 Å². The van der Waals surface area contributed by atoms with Gasteiger partial charge in [-0.15, -0.1) is 0 Å². The van der Waals surface area contributed by atoms with E-state index in [4.69, 9.17) is 16.3 Å². The van der Waals surface area contributed by atoms with Gasteiger partial charge in [-0.05, 0) is 66.4 Å². The molecular formula is C21H18ClNO4. The van der Waals surface area contributed by atoms with Crippen molar-refractivity contribution in [3.05, 3.63) is 64.3 Å². The summed E-state index contributed by atoms with van der Waals surface area (Å²) in [7, 11) is 0. The number of carbonyl (C=O) groups excluding carboxylic acids is 1. The Morgan fingerprint density at radius 1 is 1.15 bits per heavy atom. The molecule has 0 aliphatic rings. The van der Waals surface area contributed by atoms with Gasteiger partial charge in [0.05, 0.1) is 18.5 Å². The van der Waals surface area contributed by atoms with Gasteiger partial charge >= 0.3 is 11.9 Å². The summed E-state index contributed by atoms with van der Waals surface area (Å²) in [6.45, 7) is 3.95. The quantitative estimate of drug-likeness (QED) is 0.648. The molecule has 0 radical (unpaired) electrons. The second-order valence-electron chi connectivity index (χ2n) is 6.10. The Morgan fingerprint density at radius 2 is 1.85 bits per heavy atom. The number of ether oxygens (including phenoxy) is 1. The first-order valence-electron chi connectivity index (χ1n) is 8.48. The van der Waals surface area contributed by atoms with Crippen LogP contribution in [0.5, 0.6) is 0 Å². The molecule has 0 fully saturated rings. The summed E-state index contributed by atoms with van der Waals surface area (Å²) < 4.78 is 5.12. The molecule has 0 saturated carbocycles. The van der Waals surface area contributed by atoms with Gasteiger partial charge in [-0.1, -0.05) is 23.7 Å². The number of hydrogen-bond donors (Lipinski definition) is 1. The highest BCUT2D eigenvalue weighted by Crippen LogP contribution is 2.35. The number of aromatic carboxylic acids is 1. The molecule has 1 aromatic heterocycles. The van der Waals surface area contributed by atoms with Crippen LogP contribution in [0.3, 0.4) is 0 Å². The predicted molar refractivity (Wildman–Crippen MR) is 104 cm³/mol. The molecule has 0 atom stereocenters. The number of aromatic nitrogens is 1. The molecule has 1 N–H and O–H groups in total. The van der Waals surface area contributed by atoms with E-state index in [1.165, 1.54) is 6.07 Å². The molecule has 0 aliphatic heterocycles. The highest BCUT2D eigenvalue weighted by atomic mass is 35.5. The van der Waals surface area contributed by atoms with Crippen LogP contribution in [0.1, 0.15) is 28.5 Å². The fraction of sp³-hybridized carbons (Fsp3) is 0.190. The smallest absolute Gasteiger partial charge is 0.354 e. The van der Waals surface area contributed by atoms with Crippen molar-refractivity contribution in [2.75, 3.05) is 6.61 Å². The van der Waals surface area contributed by atoms with Crippen LogP contribution in [0.4, 0.5) is 0 Å². The van der Waals surface area contributed by atoms with E-state index in [1.807, 2.05) is 19.1 Å². The summed E-state index contributed by atoms with van der Waals surface area (Å²) in [5, 5.41) is 10.6. The topological polar surface area (TPSA) is 76.5 Å². The lowest BCUT2D eigenvalue weighted by molar-refractivity contribution is -0.142. The van der Waals surface area contributed by atoms with E-state index in [1.54, 1.807) is 31.2 Å². The number of rotatable bonds is 5. The molecule has 0 saturated heterocycles. The number of hydrogen-bond acceptors (Lipinski definition) is 4. The monoisotopic (exact) mass is 383 g/mol. The molecule has 6 heteroatoms. The maximum atomic E-state index is 12.1. The molecule has 0 spiro atoms. The van der Waals surface area contributed by atoms with Crippen LogP contribution in [-0.2, 0) is 16.0 Å². The van der Waals surface area contributed by atoms with Crippen LogP contribution in [0, 0.1) is 6.92 Å². The number of nitrogens with zero attached hydrogens (tertiary/aromatic N) is 1. The molecule has 2 aromatic carbocycles. The number of halogens is 1. The van der Waals surface area contributed by atoms with Gasteiger partial charge in [-0.3, -0.25) is 4.79 Å². The maximum Gasteiger partial charge on any atom is 0.354 e. The molecule has 138 valence electrons.